The average molecular weight is 232 g/mol. The predicted octanol–water partition coefficient (Wildman–Crippen LogP) is -0.483. The molecule has 6 nitrogen and oxygen atoms in total. The van der Waals surface area contributed by atoms with E-state index in [1.807, 2.05) is 0 Å². The molecule has 0 saturated carbocycles. The fourth-order valence-electron chi connectivity index (χ4n) is 0. The van der Waals surface area contributed by atoms with Gasteiger partial charge in [-0.15, -0.1) is 0 Å². The molecule has 0 aromatic carbocycles. The Kier molecular flexibility index (Phi) is 335. The van der Waals surface area contributed by atoms with Gasteiger partial charge in [0.15, 0.2) is 0 Å². The largest absolute Gasteiger partial charge is 0.443 e. The monoisotopic (exact) mass is 232 g/mol. The molecule has 0 saturated heterocycles. The van der Waals surface area contributed by atoms with Gasteiger partial charge in [0.2, 0.25) is 0 Å². The third-order valence-electron chi connectivity index (χ3n) is 0. The van der Waals surface area contributed by atoms with Crippen LogP contribution in [0, 0.1) is 34.6 Å². The second kappa shape index (κ2) is 142. The Bertz CT molecular complexity index is 112. The zero-order valence-electron chi connectivity index (χ0n) is 4.52. The van der Waals surface area contributed by atoms with Crippen molar-refractivity contribution < 1.29 is 34.8 Å². The van der Waals surface area contributed by atoms with E-state index in [4.69, 9.17) is 31.1 Å². The van der Waals surface area contributed by atoms with Gasteiger partial charge in [-0.05, 0) is 0 Å². The molecule has 10 heavy (non-hydrogen) atoms. The van der Waals surface area contributed by atoms with Gasteiger partial charge in [0.25, 0.3) is 18.8 Å². The summed E-state index contributed by atoms with van der Waals surface area (Å²) in [5.41, 5.74) is 0. The van der Waals surface area contributed by atoms with Crippen molar-refractivity contribution in [3.63, 3.8) is 0 Å². The Morgan fingerprint density at radius 1 is 0.700 bits per heavy atom. The maximum absolute atomic E-state index is 6.88. The summed E-state index contributed by atoms with van der Waals surface area (Å²) in [6, 6.07) is 0. The number of aliphatic hydroxyl groups is 3. The van der Waals surface area contributed by atoms with Crippen molar-refractivity contribution in [2.75, 3.05) is 0 Å². The first kappa shape index (κ1) is 23.6. The van der Waals surface area contributed by atoms with E-state index in [9.17, 15) is 0 Å². The maximum Gasteiger partial charge on any atom is 0.283 e. The molecule has 7 heteroatoms. The molecule has 0 bridgehead atoms. The third-order valence-corrected chi connectivity index (χ3v) is 0. The van der Waals surface area contributed by atoms with Crippen molar-refractivity contribution in [3.05, 3.63) is 0 Å². The summed E-state index contributed by atoms with van der Waals surface area (Å²) in [4.78, 5) is 0. The zero-order chi connectivity index (χ0) is 8.12. The summed E-state index contributed by atoms with van der Waals surface area (Å²) < 4.78 is 0. The molecule has 3 N–H and O–H groups in total. The first-order valence-electron chi connectivity index (χ1n) is 1.34. The minimum Gasteiger partial charge on any atom is -0.443 e. The van der Waals surface area contributed by atoms with Crippen LogP contribution in [0.25, 0.3) is 0 Å². The molecular formula is C3H3N3O3Rh. The van der Waals surface area contributed by atoms with Crippen LogP contribution in [-0.4, -0.2) is 15.3 Å². The van der Waals surface area contributed by atoms with Crippen molar-refractivity contribution in [2.45, 2.75) is 0 Å². The van der Waals surface area contributed by atoms with Crippen LogP contribution < -0.4 is 0 Å². The SMILES string of the molecule is N#CO.N#CO.N#CO.[Rh]. The van der Waals surface area contributed by atoms with Crippen LogP contribution in [0.4, 0.5) is 0 Å². The van der Waals surface area contributed by atoms with Gasteiger partial charge in [0, 0.05) is 19.5 Å². The minimum absolute atomic E-state index is 0. The van der Waals surface area contributed by atoms with Gasteiger partial charge in [-0.2, -0.15) is 15.8 Å². The van der Waals surface area contributed by atoms with Crippen LogP contribution in [0.2, 0.25) is 0 Å². The molecule has 0 aliphatic carbocycles. The fourth-order valence-corrected chi connectivity index (χ4v) is 0. The topological polar surface area (TPSA) is 132 Å². The van der Waals surface area contributed by atoms with Gasteiger partial charge in [-0.1, -0.05) is 0 Å². The molecule has 0 fully saturated rings. The van der Waals surface area contributed by atoms with Crippen molar-refractivity contribution in [3.8, 4) is 18.8 Å². The minimum atomic E-state index is 0. The van der Waals surface area contributed by atoms with Crippen LogP contribution in [0.15, 0.2) is 0 Å². The summed E-state index contributed by atoms with van der Waals surface area (Å²) in [5, 5.41) is 41.2. The molecule has 0 atom stereocenters. The van der Waals surface area contributed by atoms with Gasteiger partial charge < -0.3 is 15.3 Å². The number of rotatable bonds is 0. The molecule has 0 spiro atoms. The van der Waals surface area contributed by atoms with Crippen molar-refractivity contribution in [2.24, 2.45) is 0 Å². The summed E-state index contributed by atoms with van der Waals surface area (Å²) in [6.45, 7) is 0. The first-order valence-corrected chi connectivity index (χ1v) is 1.34. The standard InChI is InChI=1S/3CHNO.Rh/c3*2-1-3;/h3*3H;. The van der Waals surface area contributed by atoms with Crippen molar-refractivity contribution in [1.82, 2.24) is 0 Å². The van der Waals surface area contributed by atoms with Gasteiger partial charge in [-0.3, -0.25) is 0 Å². The van der Waals surface area contributed by atoms with E-state index in [0.717, 1.165) is 18.8 Å². The van der Waals surface area contributed by atoms with E-state index >= 15 is 0 Å². The fraction of sp³-hybridized carbons (Fsp3) is 0. The van der Waals surface area contributed by atoms with Gasteiger partial charge >= 0.3 is 0 Å². The van der Waals surface area contributed by atoms with Crippen LogP contribution >= 0.6 is 0 Å². The Morgan fingerprint density at radius 2 is 0.700 bits per heavy atom. The molecule has 0 aliphatic rings. The molecule has 0 heterocycles. The Hall–Kier alpha value is -1.51. The van der Waals surface area contributed by atoms with E-state index < -0.39 is 0 Å². The van der Waals surface area contributed by atoms with Crippen LogP contribution in [0.3, 0.4) is 0 Å². The van der Waals surface area contributed by atoms with E-state index in [2.05, 4.69) is 0 Å². The summed E-state index contributed by atoms with van der Waals surface area (Å²) in [7, 11) is 0. The number of aliphatic hydroxyl groups excluding tert-OH is 3. The van der Waals surface area contributed by atoms with Crippen LogP contribution in [0.5, 0.6) is 0 Å². The average Bonchev–Trinajstić information content (AvgIpc) is 1.70. The first-order chi connectivity index (χ1) is 4.24. The summed E-state index contributed by atoms with van der Waals surface area (Å²) in [5.74, 6) is 0. The van der Waals surface area contributed by atoms with Crippen LogP contribution in [-0.2, 0) is 19.5 Å². The summed E-state index contributed by atoms with van der Waals surface area (Å²) in [6.07, 6.45) is 2.25. The smallest absolute Gasteiger partial charge is 0.283 e. The number of hydrogen-bond acceptors (Lipinski definition) is 6. The van der Waals surface area contributed by atoms with E-state index in [1.54, 1.807) is 0 Å². The number of nitrogens with zero attached hydrogens (tertiary/aromatic N) is 3. The summed E-state index contributed by atoms with van der Waals surface area (Å²) >= 11 is 0. The van der Waals surface area contributed by atoms with Crippen molar-refractivity contribution in [1.29, 1.82) is 15.8 Å². The van der Waals surface area contributed by atoms with Crippen LogP contribution in [0.1, 0.15) is 0 Å². The molecule has 0 aromatic rings. The molecule has 0 aromatic heterocycles. The van der Waals surface area contributed by atoms with Crippen molar-refractivity contribution >= 4 is 0 Å². The van der Waals surface area contributed by atoms with Gasteiger partial charge in [-0.25, -0.2) is 0 Å². The quantitative estimate of drug-likeness (QED) is 0.381. The molecule has 0 rings (SSSR count). The number of hydrogen-bond donors (Lipinski definition) is 3. The molecule has 0 aliphatic heterocycles. The van der Waals surface area contributed by atoms with E-state index in [-0.39, 0.29) is 19.5 Å². The molecule has 0 unspecified atom stereocenters. The van der Waals surface area contributed by atoms with E-state index in [1.165, 1.54) is 0 Å². The zero-order valence-corrected chi connectivity index (χ0v) is 6.16. The normalized spacial score (nSPS) is 2.10. The number of nitriles is 3. The maximum atomic E-state index is 6.88. The molecule has 57 valence electrons. The molecule has 1 radical (unpaired) electrons. The Balaban J connectivity index is -0.0000000257. The Labute approximate surface area is 69.9 Å². The molecule has 0 amide bonds. The molecular weight excluding hydrogens is 229 g/mol. The Morgan fingerprint density at radius 3 is 0.700 bits per heavy atom. The van der Waals surface area contributed by atoms with E-state index in [0.29, 0.717) is 0 Å². The second-order valence-electron chi connectivity index (χ2n) is 0.300. The predicted molar refractivity (Wildman–Crippen MR) is 22.6 cm³/mol. The third kappa shape index (κ3) is 86.3. The van der Waals surface area contributed by atoms with Gasteiger partial charge in [0.1, 0.15) is 0 Å². The van der Waals surface area contributed by atoms with Gasteiger partial charge in [0.05, 0.1) is 0 Å². The second-order valence-corrected chi connectivity index (χ2v) is 0.300.